The molecule has 0 fully saturated rings. The first kappa shape index (κ1) is 38.6. The van der Waals surface area contributed by atoms with Crippen LogP contribution in [0.3, 0.4) is 0 Å². The summed E-state index contributed by atoms with van der Waals surface area (Å²) in [6.45, 7) is 15.8. The smallest absolute Gasteiger partial charge is 0.172 e. The average Bonchev–Trinajstić information content (AvgIpc) is 3.36. The molecule has 52 heavy (non-hydrogen) atoms. The van der Waals surface area contributed by atoms with Gasteiger partial charge < -0.3 is 19.3 Å². The van der Waals surface area contributed by atoms with Crippen molar-refractivity contribution in [2.45, 2.75) is 96.5 Å². The molecule has 5 rings (SSSR count). The fourth-order valence-electron chi connectivity index (χ4n) is 7.56. The molecule has 3 aliphatic heterocycles. The summed E-state index contributed by atoms with van der Waals surface area (Å²) in [5.74, 6) is 1.66. The van der Waals surface area contributed by atoms with E-state index in [0.29, 0.717) is 18.1 Å². The Kier molecular flexibility index (Phi) is 11.5. The van der Waals surface area contributed by atoms with Crippen molar-refractivity contribution in [3.63, 3.8) is 0 Å². The minimum Gasteiger partial charge on any atom is -0.493 e. The van der Waals surface area contributed by atoms with Gasteiger partial charge in [-0.25, -0.2) is 0 Å². The van der Waals surface area contributed by atoms with E-state index in [0.717, 1.165) is 79.8 Å². The predicted molar refractivity (Wildman–Crippen MR) is 212 cm³/mol. The first-order valence-electron chi connectivity index (χ1n) is 18.4. The van der Waals surface area contributed by atoms with Gasteiger partial charge in [0, 0.05) is 61.1 Å². The maximum Gasteiger partial charge on any atom is 0.172 e. The largest absolute Gasteiger partial charge is 0.493 e. The van der Waals surface area contributed by atoms with Crippen molar-refractivity contribution >= 4 is 34.6 Å². The Hall–Kier alpha value is -4.64. The number of hydrogen-bond donors (Lipinski definition) is 0. The third kappa shape index (κ3) is 7.74. The zero-order valence-corrected chi connectivity index (χ0v) is 32.9. The summed E-state index contributed by atoms with van der Waals surface area (Å²) in [7, 11) is 4.05. The summed E-state index contributed by atoms with van der Waals surface area (Å²) >= 11 is 5.97. The minimum absolute atomic E-state index is 0.0142. The van der Waals surface area contributed by atoms with E-state index in [2.05, 4.69) is 80.0 Å². The van der Waals surface area contributed by atoms with Gasteiger partial charge in [0.15, 0.2) is 11.3 Å². The number of benzene rings is 2. The molecule has 0 saturated carbocycles. The van der Waals surface area contributed by atoms with Crippen LogP contribution in [-0.4, -0.2) is 45.3 Å². The average molecular weight is 718 g/mol. The van der Waals surface area contributed by atoms with Crippen molar-refractivity contribution in [1.82, 2.24) is 0 Å². The highest BCUT2D eigenvalue weighted by Gasteiger charge is 2.43. The van der Waals surface area contributed by atoms with E-state index < -0.39 is 5.60 Å². The number of unbranched alkanes of at least 4 members (excludes halogenated alkanes) is 3. The molecule has 8 heteroatoms. The summed E-state index contributed by atoms with van der Waals surface area (Å²) < 4.78 is 13.0. The number of hydrogen-bond acceptors (Lipinski definition) is 7. The molecule has 0 radical (unpaired) electrons. The van der Waals surface area contributed by atoms with Crippen LogP contribution in [0.15, 0.2) is 65.0 Å². The van der Waals surface area contributed by atoms with Gasteiger partial charge in [-0.3, -0.25) is 0 Å². The van der Waals surface area contributed by atoms with Gasteiger partial charge in [-0.15, -0.1) is 11.6 Å². The third-order valence-electron chi connectivity index (χ3n) is 10.8. The Bertz CT molecular complexity index is 1920. The summed E-state index contributed by atoms with van der Waals surface area (Å²) in [4.78, 5) is 4.65. The van der Waals surface area contributed by atoms with Gasteiger partial charge in [0.05, 0.1) is 6.61 Å². The van der Waals surface area contributed by atoms with Crippen LogP contribution in [-0.2, 0) is 15.6 Å². The molecule has 272 valence electrons. The van der Waals surface area contributed by atoms with Crippen molar-refractivity contribution in [3.8, 4) is 24.0 Å². The van der Waals surface area contributed by atoms with E-state index >= 15 is 0 Å². The molecule has 0 amide bonds. The quantitative estimate of drug-likeness (QED) is 0.0709. The van der Waals surface area contributed by atoms with E-state index in [-0.39, 0.29) is 27.7 Å². The van der Waals surface area contributed by atoms with Crippen LogP contribution in [0.5, 0.6) is 5.75 Å². The second-order valence-corrected chi connectivity index (χ2v) is 16.5. The Morgan fingerprint density at radius 3 is 2.21 bits per heavy atom. The zero-order valence-electron chi connectivity index (χ0n) is 32.1. The van der Waals surface area contributed by atoms with Gasteiger partial charge in [0.2, 0.25) is 0 Å². The van der Waals surface area contributed by atoms with Gasteiger partial charge in [-0.05, 0) is 91.3 Å². The van der Waals surface area contributed by atoms with Crippen molar-refractivity contribution in [1.29, 1.82) is 15.8 Å². The maximum atomic E-state index is 10.2. The molecule has 7 nitrogen and oxygen atoms in total. The lowest BCUT2D eigenvalue weighted by molar-refractivity contribution is 0.0954. The molecule has 0 unspecified atom stereocenters. The second kappa shape index (κ2) is 15.5. The molecule has 3 heterocycles. The number of rotatable bonds is 12. The number of alkyl halides is 1. The lowest BCUT2D eigenvalue weighted by Crippen LogP contribution is -2.45. The van der Waals surface area contributed by atoms with Crippen molar-refractivity contribution in [2.75, 3.05) is 49.5 Å². The molecule has 0 atom stereocenters. The molecule has 0 N–H and O–H groups in total. The molecular formula is C44H52ClN5O2. The van der Waals surface area contributed by atoms with Gasteiger partial charge >= 0.3 is 0 Å². The van der Waals surface area contributed by atoms with E-state index in [1.54, 1.807) is 0 Å². The van der Waals surface area contributed by atoms with Crippen LogP contribution in [0.4, 0.5) is 11.4 Å². The van der Waals surface area contributed by atoms with Crippen molar-refractivity contribution < 1.29 is 9.47 Å². The predicted octanol–water partition coefficient (Wildman–Crippen LogP) is 10.1. The molecule has 2 aromatic carbocycles. The Labute approximate surface area is 316 Å². The van der Waals surface area contributed by atoms with E-state index in [1.807, 2.05) is 52.2 Å². The molecule has 3 aliphatic rings. The van der Waals surface area contributed by atoms with Crippen LogP contribution in [0, 0.1) is 34.0 Å². The highest BCUT2D eigenvalue weighted by molar-refractivity contribution is 6.17. The van der Waals surface area contributed by atoms with Crippen LogP contribution in [0.1, 0.15) is 102 Å². The zero-order chi connectivity index (χ0) is 37.8. The van der Waals surface area contributed by atoms with E-state index in [4.69, 9.17) is 21.1 Å². The minimum atomic E-state index is -0.930. The first-order chi connectivity index (χ1) is 24.7. The number of anilines is 2. The third-order valence-corrected chi connectivity index (χ3v) is 11.1. The van der Waals surface area contributed by atoms with Gasteiger partial charge in [0.25, 0.3) is 0 Å². The standard InChI is InChI=1S/C44H52ClN5O2/c1-42(2)19-22-50-23-20-43(3,4)38-39(50)37(42)26-32(41(38)51-24-12-10-9-11-21-45)25-31(30-13-16-34(17-14-30)49(7)8)15-18-36-35(29-48)40(33(27-46)28-47)52-44(36,5)6/h13-18,25-26H,9-12,19-24H2,1-8H3/b18-15+,31-25-. The lowest BCUT2D eigenvalue weighted by Gasteiger charge is -2.49. The molecule has 0 spiro atoms. The molecule has 0 saturated heterocycles. The normalized spacial score (nSPS) is 18.3. The summed E-state index contributed by atoms with van der Waals surface area (Å²) in [5, 5.41) is 29.5. The fourth-order valence-corrected chi connectivity index (χ4v) is 7.75. The van der Waals surface area contributed by atoms with Crippen molar-refractivity contribution in [3.05, 3.63) is 87.2 Å². The molecule has 2 aromatic rings. The Morgan fingerprint density at radius 1 is 0.942 bits per heavy atom. The van der Waals surface area contributed by atoms with Crippen LogP contribution in [0.25, 0.3) is 11.6 Å². The Balaban J connectivity index is 1.75. The van der Waals surface area contributed by atoms with Crippen molar-refractivity contribution in [2.24, 2.45) is 0 Å². The molecule has 0 bridgehead atoms. The first-order valence-corrected chi connectivity index (χ1v) is 18.9. The SMILES string of the molecule is CN(C)c1ccc(C(=C\c2cc3c4c(c2OCCCCCCCl)C(C)(C)CCN4CCC3(C)C)/C=C/C2=C(C#N)C(=C(C#N)C#N)OC2(C)C)cc1. The van der Waals surface area contributed by atoms with Gasteiger partial charge in [-0.1, -0.05) is 64.8 Å². The number of halogens is 1. The molecule has 0 aromatic heterocycles. The van der Waals surface area contributed by atoms with E-state index in [1.165, 1.54) is 16.8 Å². The molecular weight excluding hydrogens is 666 g/mol. The summed E-state index contributed by atoms with van der Waals surface area (Å²) in [5.41, 5.74) is 7.59. The number of allylic oxidation sites excluding steroid dienone is 4. The fraction of sp³-hybridized carbons (Fsp3) is 0.477. The van der Waals surface area contributed by atoms with Gasteiger partial charge in [-0.2, -0.15) is 15.8 Å². The van der Waals surface area contributed by atoms with Crippen LogP contribution in [0.2, 0.25) is 0 Å². The summed E-state index contributed by atoms with van der Waals surface area (Å²) in [6.07, 6.45) is 12.4. The number of nitrogens with zero attached hydrogens (tertiary/aromatic N) is 5. The lowest BCUT2D eigenvalue weighted by atomic mass is 9.68. The van der Waals surface area contributed by atoms with Crippen LogP contribution >= 0.6 is 11.6 Å². The highest BCUT2D eigenvalue weighted by atomic mass is 35.5. The monoisotopic (exact) mass is 717 g/mol. The summed E-state index contributed by atoms with van der Waals surface area (Å²) in [6, 6.07) is 16.8. The highest BCUT2D eigenvalue weighted by Crippen LogP contribution is 2.54. The number of nitriles is 3. The second-order valence-electron chi connectivity index (χ2n) is 16.1. The topological polar surface area (TPSA) is 96.3 Å². The van der Waals surface area contributed by atoms with E-state index in [9.17, 15) is 15.8 Å². The number of ether oxygens (including phenoxy) is 2. The molecule has 0 aliphatic carbocycles. The Morgan fingerprint density at radius 2 is 1.60 bits per heavy atom. The van der Waals surface area contributed by atoms with Gasteiger partial charge in [0.1, 0.15) is 35.1 Å². The van der Waals surface area contributed by atoms with Crippen LogP contribution < -0.4 is 14.5 Å². The maximum absolute atomic E-state index is 10.2.